The number of hydrogen-bond donors (Lipinski definition) is 0. The number of sulfonamides is 2. The van der Waals surface area contributed by atoms with E-state index in [1.807, 2.05) is 6.07 Å². The molecule has 0 atom stereocenters. The maximum atomic E-state index is 12.9. The third kappa shape index (κ3) is 3.76. The molecular formula is C17H15Cl2N3O4S2. The molecule has 1 heterocycles. The SMILES string of the molecule is N#Cc1ccccc1S(=O)(=O)N1CCN(S(=O)(=O)c2c(Cl)cccc2Cl)CC1. The summed E-state index contributed by atoms with van der Waals surface area (Å²) in [6.07, 6.45) is 0. The summed E-state index contributed by atoms with van der Waals surface area (Å²) in [6, 6.07) is 12.2. The maximum Gasteiger partial charge on any atom is 0.246 e. The quantitative estimate of drug-likeness (QED) is 0.699. The fraction of sp³-hybridized carbons (Fsp3) is 0.235. The lowest BCUT2D eigenvalue weighted by Gasteiger charge is -2.33. The molecule has 148 valence electrons. The van der Waals surface area contributed by atoms with E-state index in [4.69, 9.17) is 28.5 Å². The molecule has 1 saturated heterocycles. The van der Waals surface area contributed by atoms with Crippen LogP contribution in [0.5, 0.6) is 0 Å². The number of rotatable bonds is 4. The van der Waals surface area contributed by atoms with Gasteiger partial charge < -0.3 is 0 Å². The van der Waals surface area contributed by atoms with Gasteiger partial charge >= 0.3 is 0 Å². The highest BCUT2D eigenvalue weighted by molar-refractivity contribution is 7.89. The van der Waals surface area contributed by atoms with Crippen molar-refractivity contribution in [2.24, 2.45) is 0 Å². The van der Waals surface area contributed by atoms with Gasteiger partial charge in [0.1, 0.15) is 11.0 Å². The van der Waals surface area contributed by atoms with E-state index < -0.39 is 20.0 Å². The summed E-state index contributed by atoms with van der Waals surface area (Å²) < 4.78 is 53.9. The zero-order valence-corrected chi connectivity index (χ0v) is 17.6. The summed E-state index contributed by atoms with van der Waals surface area (Å²) in [6.45, 7) is -0.220. The number of halogens is 2. The molecule has 1 aliphatic rings. The summed E-state index contributed by atoms with van der Waals surface area (Å²) in [4.78, 5) is -0.285. The Balaban J connectivity index is 1.84. The van der Waals surface area contributed by atoms with Crippen LogP contribution in [-0.4, -0.2) is 51.6 Å². The second-order valence-electron chi connectivity index (χ2n) is 5.97. The number of hydrogen-bond acceptors (Lipinski definition) is 5. The van der Waals surface area contributed by atoms with Crippen LogP contribution in [0, 0.1) is 11.3 Å². The van der Waals surface area contributed by atoms with Crippen molar-refractivity contribution in [2.45, 2.75) is 9.79 Å². The molecule has 2 aromatic rings. The normalized spacial score (nSPS) is 16.6. The molecule has 0 aromatic heterocycles. The summed E-state index contributed by atoms with van der Waals surface area (Å²) in [5, 5.41) is 9.17. The van der Waals surface area contributed by atoms with Crippen LogP contribution in [0.25, 0.3) is 0 Å². The predicted molar refractivity (Wildman–Crippen MR) is 105 cm³/mol. The van der Waals surface area contributed by atoms with Crippen LogP contribution in [0.1, 0.15) is 5.56 Å². The second-order valence-corrected chi connectivity index (χ2v) is 10.6. The Hall–Kier alpha value is -1.67. The minimum Gasteiger partial charge on any atom is -0.207 e. The highest BCUT2D eigenvalue weighted by Crippen LogP contribution is 2.32. The monoisotopic (exact) mass is 459 g/mol. The van der Waals surface area contributed by atoms with Crippen molar-refractivity contribution in [1.82, 2.24) is 8.61 Å². The number of piperazine rings is 1. The topological polar surface area (TPSA) is 98.5 Å². The first-order chi connectivity index (χ1) is 13.2. The van der Waals surface area contributed by atoms with Gasteiger partial charge in [-0.15, -0.1) is 0 Å². The lowest BCUT2D eigenvalue weighted by Crippen LogP contribution is -2.50. The Morgan fingerprint density at radius 2 is 1.29 bits per heavy atom. The molecule has 2 aromatic carbocycles. The highest BCUT2D eigenvalue weighted by Gasteiger charge is 2.36. The zero-order chi connectivity index (χ0) is 20.5. The lowest BCUT2D eigenvalue weighted by molar-refractivity contribution is 0.273. The summed E-state index contributed by atoms with van der Waals surface area (Å²) in [7, 11) is -7.89. The molecule has 0 bridgehead atoms. The molecule has 7 nitrogen and oxygen atoms in total. The highest BCUT2D eigenvalue weighted by atomic mass is 35.5. The predicted octanol–water partition coefficient (Wildman–Crippen LogP) is 2.56. The van der Waals surface area contributed by atoms with E-state index in [1.54, 1.807) is 12.1 Å². The molecule has 0 amide bonds. The number of nitriles is 1. The number of nitrogens with zero attached hydrogens (tertiary/aromatic N) is 3. The van der Waals surface area contributed by atoms with Gasteiger partial charge in [0.25, 0.3) is 0 Å². The molecule has 3 rings (SSSR count). The van der Waals surface area contributed by atoms with Crippen LogP contribution in [0.4, 0.5) is 0 Å². The van der Waals surface area contributed by atoms with Gasteiger partial charge in [-0.25, -0.2) is 16.8 Å². The molecule has 0 aliphatic carbocycles. The zero-order valence-electron chi connectivity index (χ0n) is 14.4. The first kappa shape index (κ1) is 21.0. The van der Waals surface area contributed by atoms with Crippen molar-refractivity contribution < 1.29 is 16.8 Å². The Labute approximate surface area is 173 Å². The van der Waals surface area contributed by atoms with Gasteiger partial charge in [-0.1, -0.05) is 41.4 Å². The van der Waals surface area contributed by atoms with E-state index in [9.17, 15) is 16.8 Å². The third-order valence-corrected chi connectivity index (χ3v) is 9.15. The summed E-state index contributed by atoms with van der Waals surface area (Å²) in [5.74, 6) is 0. The first-order valence-electron chi connectivity index (χ1n) is 8.13. The Morgan fingerprint density at radius 3 is 1.82 bits per heavy atom. The summed E-state index contributed by atoms with van der Waals surface area (Å²) in [5.41, 5.74) is 0.0420. The molecule has 11 heteroatoms. The van der Waals surface area contributed by atoms with E-state index in [2.05, 4.69) is 0 Å². The van der Waals surface area contributed by atoms with E-state index in [1.165, 1.54) is 34.6 Å². The van der Waals surface area contributed by atoms with Crippen molar-refractivity contribution in [3.63, 3.8) is 0 Å². The van der Waals surface area contributed by atoms with Gasteiger partial charge in [-0.05, 0) is 24.3 Å². The molecule has 1 aliphatic heterocycles. The molecule has 0 radical (unpaired) electrons. The Bertz CT molecular complexity index is 1130. The fourth-order valence-electron chi connectivity index (χ4n) is 2.93. The largest absolute Gasteiger partial charge is 0.246 e. The Kier molecular flexibility index (Phi) is 6.00. The molecule has 0 spiro atoms. The van der Waals surface area contributed by atoms with Crippen LogP contribution < -0.4 is 0 Å². The molecule has 1 fully saturated rings. The van der Waals surface area contributed by atoms with Gasteiger partial charge in [-0.2, -0.15) is 13.9 Å². The van der Waals surface area contributed by atoms with Crippen LogP contribution in [0.3, 0.4) is 0 Å². The second kappa shape index (κ2) is 7.99. The lowest BCUT2D eigenvalue weighted by atomic mass is 10.2. The molecule has 0 N–H and O–H groups in total. The smallest absolute Gasteiger partial charge is 0.207 e. The minimum atomic E-state index is -3.97. The van der Waals surface area contributed by atoms with Crippen molar-refractivity contribution in [1.29, 1.82) is 5.26 Å². The number of benzene rings is 2. The fourth-order valence-corrected chi connectivity index (χ4v) is 7.01. The molecular weight excluding hydrogens is 445 g/mol. The van der Waals surface area contributed by atoms with Gasteiger partial charge in [0, 0.05) is 26.2 Å². The van der Waals surface area contributed by atoms with Crippen LogP contribution >= 0.6 is 23.2 Å². The van der Waals surface area contributed by atoms with Crippen molar-refractivity contribution in [3.8, 4) is 6.07 Å². The van der Waals surface area contributed by atoms with E-state index in [0.29, 0.717) is 0 Å². The average Bonchev–Trinajstić information content (AvgIpc) is 2.67. The van der Waals surface area contributed by atoms with Gasteiger partial charge in [0.05, 0.1) is 20.5 Å². The van der Waals surface area contributed by atoms with Crippen LogP contribution in [0.15, 0.2) is 52.3 Å². The van der Waals surface area contributed by atoms with Gasteiger partial charge in [0.2, 0.25) is 20.0 Å². The summed E-state index contributed by atoms with van der Waals surface area (Å²) >= 11 is 12.0. The molecule has 28 heavy (non-hydrogen) atoms. The van der Waals surface area contributed by atoms with E-state index in [-0.39, 0.29) is 51.6 Å². The maximum absolute atomic E-state index is 12.9. The van der Waals surface area contributed by atoms with Crippen molar-refractivity contribution in [2.75, 3.05) is 26.2 Å². The standard InChI is InChI=1S/C17H15Cl2N3O4S2/c18-14-5-3-6-15(19)17(14)28(25,26)22-10-8-21(9-11-22)27(23,24)16-7-2-1-4-13(16)12-20/h1-7H,8-11H2. The Morgan fingerprint density at radius 1 is 0.786 bits per heavy atom. The third-order valence-electron chi connectivity index (χ3n) is 4.34. The molecule has 0 saturated carbocycles. The van der Waals surface area contributed by atoms with Crippen LogP contribution in [-0.2, 0) is 20.0 Å². The molecule has 0 unspecified atom stereocenters. The first-order valence-corrected chi connectivity index (χ1v) is 11.8. The van der Waals surface area contributed by atoms with Crippen molar-refractivity contribution in [3.05, 3.63) is 58.1 Å². The van der Waals surface area contributed by atoms with Gasteiger partial charge in [-0.3, -0.25) is 0 Å². The minimum absolute atomic E-state index is 0.00509. The van der Waals surface area contributed by atoms with Crippen LogP contribution in [0.2, 0.25) is 10.0 Å². The van der Waals surface area contributed by atoms with Crippen molar-refractivity contribution >= 4 is 43.2 Å². The van der Waals surface area contributed by atoms with E-state index in [0.717, 1.165) is 4.31 Å². The average molecular weight is 460 g/mol. The van der Waals surface area contributed by atoms with Gasteiger partial charge in [0.15, 0.2) is 0 Å². The van der Waals surface area contributed by atoms with E-state index >= 15 is 0 Å².